The van der Waals surface area contributed by atoms with Crippen LogP contribution in [-0.4, -0.2) is 23.2 Å². The maximum absolute atomic E-state index is 10.4. The molecule has 6 heteroatoms. The number of amides is 1. The van der Waals surface area contributed by atoms with Crippen LogP contribution in [0.3, 0.4) is 0 Å². The average Bonchev–Trinajstić information content (AvgIpc) is 2.52. The summed E-state index contributed by atoms with van der Waals surface area (Å²) in [5.41, 5.74) is 0.937. The molecule has 0 fully saturated rings. The fraction of sp³-hybridized carbons (Fsp3) is 0.500. The second-order valence-electron chi connectivity index (χ2n) is 2.88. The van der Waals surface area contributed by atoms with E-state index in [0.29, 0.717) is 6.54 Å². The van der Waals surface area contributed by atoms with Crippen LogP contribution < -0.4 is 10.6 Å². The standard InChI is InChI=1S/C8H13N3O2S/c1-5(10-8(12)13)7-11-6(3-9-2)4-14-7/h4-5,9-10H,3H2,1-2H3,(H,12,13)/t5-/m0/s1. The Bertz CT molecular complexity index is 313. The Labute approximate surface area is 86.2 Å². The number of hydrogen-bond acceptors (Lipinski definition) is 4. The van der Waals surface area contributed by atoms with Crippen molar-refractivity contribution in [3.63, 3.8) is 0 Å². The van der Waals surface area contributed by atoms with Gasteiger partial charge >= 0.3 is 6.09 Å². The zero-order chi connectivity index (χ0) is 10.6. The molecule has 1 aromatic heterocycles. The van der Waals surface area contributed by atoms with Gasteiger partial charge in [-0.2, -0.15) is 0 Å². The van der Waals surface area contributed by atoms with Gasteiger partial charge in [-0.1, -0.05) is 0 Å². The third-order valence-corrected chi connectivity index (χ3v) is 2.71. The lowest BCUT2D eigenvalue weighted by Gasteiger charge is -2.06. The van der Waals surface area contributed by atoms with E-state index in [1.807, 2.05) is 12.4 Å². The number of rotatable bonds is 4. The molecule has 0 unspecified atom stereocenters. The number of carbonyl (C=O) groups is 1. The van der Waals surface area contributed by atoms with E-state index < -0.39 is 6.09 Å². The molecule has 3 N–H and O–H groups in total. The predicted octanol–water partition coefficient (Wildman–Crippen LogP) is 1.19. The highest BCUT2D eigenvalue weighted by Crippen LogP contribution is 2.17. The number of nitrogens with zero attached hydrogens (tertiary/aromatic N) is 1. The van der Waals surface area contributed by atoms with Crippen molar-refractivity contribution in [2.24, 2.45) is 0 Å². The summed E-state index contributed by atoms with van der Waals surface area (Å²) < 4.78 is 0. The fourth-order valence-corrected chi connectivity index (χ4v) is 1.86. The van der Waals surface area contributed by atoms with Gasteiger partial charge in [0.2, 0.25) is 0 Å². The van der Waals surface area contributed by atoms with Crippen LogP contribution in [0, 0.1) is 0 Å². The lowest BCUT2D eigenvalue weighted by molar-refractivity contribution is 0.191. The maximum Gasteiger partial charge on any atom is 0.405 e. The van der Waals surface area contributed by atoms with Crippen LogP contribution in [-0.2, 0) is 6.54 Å². The zero-order valence-electron chi connectivity index (χ0n) is 8.07. The third-order valence-electron chi connectivity index (χ3n) is 1.64. The highest BCUT2D eigenvalue weighted by atomic mass is 32.1. The number of aromatic nitrogens is 1. The highest BCUT2D eigenvalue weighted by molar-refractivity contribution is 7.09. The topological polar surface area (TPSA) is 74.2 Å². The van der Waals surface area contributed by atoms with Crippen LogP contribution in [0.4, 0.5) is 4.79 Å². The SMILES string of the molecule is CNCc1csc([C@H](C)NC(=O)O)n1. The Morgan fingerprint density at radius 3 is 3.07 bits per heavy atom. The minimum atomic E-state index is -1.03. The molecule has 0 saturated carbocycles. The molecule has 0 aliphatic rings. The van der Waals surface area contributed by atoms with Gasteiger partial charge in [-0.15, -0.1) is 11.3 Å². The van der Waals surface area contributed by atoms with E-state index in [0.717, 1.165) is 10.7 Å². The van der Waals surface area contributed by atoms with Gasteiger partial charge in [0.05, 0.1) is 11.7 Å². The first-order valence-corrected chi connectivity index (χ1v) is 5.09. The van der Waals surface area contributed by atoms with E-state index in [9.17, 15) is 4.79 Å². The summed E-state index contributed by atoms with van der Waals surface area (Å²) in [7, 11) is 1.85. The third kappa shape index (κ3) is 2.97. The smallest absolute Gasteiger partial charge is 0.405 e. The maximum atomic E-state index is 10.4. The number of thiazole rings is 1. The fourth-order valence-electron chi connectivity index (χ4n) is 1.03. The van der Waals surface area contributed by atoms with Crippen molar-refractivity contribution in [2.75, 3.05) is 7.05 Å². The van der Waals surface area contributed by atoms with Crippen LogP contribution in [0.2, 0.25) is 0 Å². The Morgan fingerprint density at radius 1 is 1.79 bits per heavy atom. The molecule has 78 valence electrons. The van der Waals surface area contributed by atoms with Crippen LogP contribution in [0.25, 0.3) is 0 Å². The molecule has 0 radical (unpaired) electrons. The molecule has 0 aromatic carbocycles. The van der Waals surface area contributed by atoms with Crippen molar-refractivity contribution >= 4 is 17.4 Å². The molecular weight excluding hydrogens is 202 g/mol. The van der Waals surface area contributed by atoms with Crippen molar-refractivity contribution in [1.29, 1.82) is 0 Å². The van der Waals surface area contributed by atoms with Gasteiger partial charge < -0.3 is 15.7 Å². The van der Waals surface area contributed by atoms with E-state index >= 15 is 0 Å². The van der Waals surface area contributed by atoms with Gasteiger partial charge in [0.25, 0.3) is 0 Å². The summed E-state index contributed by atoms with van der Waals surface area (Å²) in [4.78, 5) is 14.7. The van der Waals surface area contributed by atoms with E-state index in [1.54, 1.807) is 6.92 Å². The van der Waals surface area contributed by atoms with Crippen molar-refractivity contribution in [3.05, 3.63) is 16.1 Å². The quantitative estimate of drug-likeness (QED) is 0.705. The van der Waals surface area contributed by atoms with Crippen molar-refractivity contribution in [3.8, 4) is 0 Å². The normalized spacial score (nSPS) is 12.4. The van der Waals surface area contributed by atoms with Gasteiger partial charge in [-0.25, -0.2) is 9.78 Å². The Morgan fingerprint density at radius 2 is 2.50 bits per heavy atom. The van der Waals surface area contributed by atoms with Crippen LogP contribution in [0.1, 0.15) is 23.7 Å². The number of carboxylic acid groups (broad SMARTS) is 1. The summed E-state index contributed by atoms with van der Waals surface area (Å²) in [5, 5.41) is 16.6. The summed E-state index contributed by atoms with van der Waals surface area (Å²) in [6, 6.07) is -0.247. The van der Waals surface area contributed by atoms with Gasteiger partial charge in [0.15, 0.2) is 0 Å². The monoisotopic (exact) mass is 215 g/mol. The van der Waals surface area contributed by atoms with Gasteiger partial charge in [-0.3, -0.25) is 0 Å². The van der Waals surface area contributed by atoms with E-state index in [4.69, 9.17) is 5.11 Å². The highest BCUT2D eigenvalue weighted by Gasteiger charge is 2.11. The molecule has 0 bridgehead atoms. The van der Waals surface area contributed by atoms with E-state index in [1.165, 1.54) is 11.3 Å². The average molecular weight is 215 g/mol. The summed E-state index contributed by atoms with van der Waals surface area (Å²) in [6.07, 6.45) is -1.03. The van der Waals surface area contributed by atoms with Gasteiger partial charge in [0.1, 0.15) is 5.01 Å². The lowest BCUT2D eigenvalue weighted by Crippen LogP contribution is -2.24. The van der Waals surface area contributed by atoms with E-state index in [-0.39, 0.29) is 6.04 Å². The molecule has 1 atom stereocenters. The van der Waals surface area contributed by atoms with Gasteiger partial charge in [-0.05, 0) is 14.0 Å². The van der Waals surface area contributed by atoms with E-state index in [2.05, 4.69) is 15.6 Å². The minimum absolute atomic E-state index is 0.247. The second kappa shape index (κ2) is 4.92. The molecule has 5 nitrogen and oxygen atoms in total. The Balaban J connectivity index is 2.61. The second-order valence-corrected chi connectivity index (χ2v) is 3.77. The predicted molar refractivity (Wildman–Crippen MR) is 54.5 cm³/mol. The summed E-state index contributed by atoms with van der Waals surface area (Å²) in [5.74, 6) is 0. The molecule has 0 aliphatic heterocycles. The molecule has 1 aromatic rings. The largest absolute Gasteiger partial charge is 0.465 e. The first kappa shape index (κ1) is 10.9. The Kier molecular flexibility index (Phi) is 3.84. The van der Waals surface area contributed by atoms with Gasteiger partial charge in [0, 0.05) is 11.9 Å². The van der Waals surface area contributed by atoms with Crippen molar-refractivity contribution < 1.29 is 9.90 Å². The first-order chi connectivity index (χ1) is 6.63. The number of nitrogens with one attached hydrogen (secondary N) is 2. The van der Waals surface area contributed by atoms with Crippen molar-refractivity contribution in [2.45, 2.75) is 19.5 Å². The molecule has 14 heavy (non-hydrogen) atoms. The summed E-state index contributed by atoms with van der Waals surface area (Å²) >= 11 is 1.46. The molecule has 0 spiro atoms. The zero-order valence-corrected chi connectivity index (χ0v) is 8.89. The molecule has 0 saturated heterocycles. The molecule has 0 aliphatic carbocycles. The number of hydrogen-bond donors (Lipinski definition) is 3. The van der Waals surface area contributed by atoms with Crippen molar-refractivity contribution in [1.82, 2.24) is 15.6 Å². The Hall–Kier alpha value is -1.14. The minimum Gasteiger partial charge on any atom is -0.465 e. The van der Waals surface area contributed by atoms with Crippen LogP contribution in [0.5, 0.6) is 0 Å². The molecule has 1 amide bonds. The molecular formula is C8H13N3O2S. The molecule has 1 heterocycles. The lowest BCUT2D eigenvalue weighted by atomic mass is 10.3. The first-order valence-electron chi connectivity index (χ1n) is 4.22. The van der Waals surface area contributed by atoms with Crippen LogP contribution >= 0.6 is 11.3 Å². The molecule has 1 rings (SSSR count). The summed E-state index contributed by atoms with van der Waals surface area (Å²) in [6.45, 7) is 2.48. The van der Waals surface area contributed by atoms with Crippen LogP contribution in [0.15, 0.2) is 5.38 Å².